The normalized spacial score (nSPS) is 10.1. The molecule has 1 N–H and O–H groups in total. The van der Waals surface area contributed by atoms with Gasteiger partial charge >= 0.3 is 0 Å². The summed E-state index contributed by atoms with van der Waals surface area (Å²) in [7, 11) is 0. The van der Waals surface area contributed by atoms with E-state index in [0.29, 0.717) is 23.8 Å². The first-order valence-electron chi connectivity index (χ1n) is 5.81. The molecule has 0 fully saturated rings. The standard InChI is InChI=1S/C12H18ClN3O/c1-3-16(4-2)11(17)7-9-15-12-10(13)6-5-8-14-12/h5-6,8H,3-4,7,9H2,1-2H3,(H,14,15). The number of hydrogen-bond acceptors (Lipinski definition) is 3. The van der Waals surface area contributed by atoms with E-state index in [2.05, 4.69) is 10.3 Å². The van der Waals surface area contributed by atoms with Gasteiger partial charge in [-0.25, -0.2) is 4.98 Å². The van der Waals surface area contributed by atoms with Crippen LogP contribution in [-0.4, -0.2) is 35.4 Å². The van der Waals surface area contributed by atoms with Gasteiger partial charge < -0.3 is 10.2 Å². The second-order valence-corrected chi connectivity index (χ2v) is 3.98. The van der Waals surface area contributed by atoms with Crippen molar-refractivity contribution in [3.05, 3.63) is 23.4 Å². The van der Waals surface area contributed by atoms with Crippen LogP contribution in [0.15, 0.2) is 18.3 Å². The van der Waals surface area contributed by atoms with Crippen LogP contribution >= 0.6 is 11.6 Å². The van der Waals surface area contributed by atoms with Crippen molar-refractivity contribution in [1.29, 1.82) is 0 Å². The monoisotopic (exact) mass is 255 g/mol. The zero-order chi connectivity index (χ0) is 12.7. The average molecular weight is 256 g/mol. The van der Waals surface area contributed by atoms with E-state index in [0.717, 1.165) is 13.1 Å². The number of rotatable bonds is 6. The largest absolute Gasteiger partial charge is 0.368 e. The SMILES string of the molecule is CCN(CC)C(=O)CCNc1ncccc1Cl. The summed E-state index contributed by atoms with van der Waals surface area (Å²) in [5.41, 5.74) is 0. The van der Waals surface area contributed by atoms with Gasteiger partial charge in [-0.15, -0.1) is 0 Å². The van der Waals surface area contributed by atoms with E-state index in [-0.39, 0.29) is 5.91 Å². The van der Waals surface area contributed by atoms with Crippen LogP contribution in [0.5, 0.6) is 0 Å². The van der Waals surface area contributed by atoms with Crippen molar-refractivity contribution in [3.8, 4) is 0 Å². The van der Waals surface area contributed by atoms with Gasteiger partial charge in [0.15, 0.2) is 0 Å². The third-order valence-electron chi connectivity index (χ3n) is 2.51. The molecule has 0 aromatic carbocycles. The highest BCUT2D eigenvalue weighted by molar-refractivity contribution is 6.32. The summed E-state index contributed by atoms with van der Waals surface area (Å²) >= 11 is 5.94. The molecule has 0 aliphatic rings. The molecule has 1 heterocycles. The highest BCUT2D eigenvalue weighted by atomic mass is 35.5. The maximum atomic E-state index is 11.7. The van der Waals surface area contributed by atoms with Gasteiger partial charge in [-0.1, -0.05) is 11.6 Å². The molecule has 0 aliphatic carbocycles. The molecule has 0 radical (unpaired) electrons. The lowest BCUT2D eigenvalue weighted by Gasteiger charge is -2.18. The minimum absolute atomic E-state index is 0.148. The van der Waals surface area contributed by atoms with Crippen LogP contribution in [0.1, 0.15) is 20.3 Å². The van der Waals surface area contributed by atoms with E-state index in [9.17, 15) is 4.79 Å². The van der Waals surface area contributed by atoms with Crippen molar-refractivity contribution in [2.45, 2.75) is 20.3 Å². The number of nitrogens with zero attached hydrogens (tertiary/aromatic N) is 2. The summed E-state index contributed by atoms with van der Waals surface area (Å²) in [6.45, 7) is 6.00. The Morgan fingerprint density at radius 2 is 2.18 bits per heavy atom. The van der Waals surface area contributed by atoms with Gasteiger partial charge in [0, 0.05) is 32.3 Å². The van der Waals surface area contributed by atoms with Crippen LogP contribution in [0.3, 0.4) is 0 Å². The molecule has 5 heteroatoms. The zero-order valence-electron chi connectivity index (χ0n) is 10.2. The number of nitrogens with one attached hydrogen (secondary N) is 1. The fourth-order valence-corrected chi connectivity index (χ4v) is 1.73. The van der Waals surface area contributed by atoms with Crippen LogP contribution in [0.25, 0.3) is 0 Å². The first-order valence-corrected chi connectivity index (χ1v) is 6.19. The molecule has 0 saturated heterocycles. The smallest absolute Gasteiger partial charge is 0.224 e. The number of amides is 1. The van der Waals surface area contributed by atoms with Crippen LogP contribution in [0.2, 0.25) is 5.02 Å². The molecule has 1 amide bonds. The lowest BCUT2D eigenvalue weighted by atomic mass is 10.3. The zero-order valence-corrected chi connectivity index (χ0v) is 11.0. The van der Waals surface area contributed by atoms with Gasteiger partial charge in [-0.3, -0.25) is 4.79 Å². The average Bonchev–Trinajstić information content (AvgIpc) is 2.33. The molecule has 17 heavy (non-hydrogen) atoms. The van der Waals surface area contributed by atoms with E-state index in [4.69, 9.17) is 11.6 Å². The Balaban J connectivity index is 2.38. The van der Waals surface area contributed by atoms with Crippen LogP contribution in [-0.2, 0) is 4.79 Å². The third kappa shape index (κ3) is 4.23. The molecule has 0 bridgehead atoms. The Morgan fingerprint density at radius 1 is 1.47 bits per heavy atom. The molecule has 0 saturated carbocycles. The predicted octanol–water partition coefficient (Wildman–Crippen LogP) is 2.41. The Bertz CT molecular complexity index is 367. The second-order valence-electron chi connectivity index (χ2n) is 3.58. The first kappa shape index (κ1) is 13.8. The number of halogens is 1. The molecule has 0 unspecified atom stereocenters. The fraction of sp³-hybridized carbons (Fsp3) is 0.500. The topological polar surface area (TPSA) is 45.2 Å². The van der Waals surface area contributed by atoms with Gasteiger partial charge in [0.2, 0.25) is 5.91 Å². The molecule has 1 aromatic heterocycles. The number of carbonyl (C=O) groups excluding carboxylic acids is 1. The van der Waals surface area contributed by atoms with E-state index in [1.54, 1.807) is 18.3 Å². The number of anilines is 1. The maximum Gasteiger partial charge on any atom is 0.224 e. The maximum absolute atomic E-state index is 11.7. The van der Waals surface area contributed by atoms with E-state index >= 15 is 0 Å². The molecule has 0 atom stereocenters. The number of carbonyl (C=O) groups is 1. The molecule has 4 nitrogen and oxygen atoms in total. The molecule has 0 spiro atoms. The van der Waals surface area contributed by atoms with Gasteiger partial charge in [-0.05, 0) is 26.0 Å². The van der Waals surface area contributed by atoms with Crippen molar-refractivity contribution in [3.63, 3.8) is 0 Å². The molecule has 0 aliphatic heterocycles. The molecule has 94 valence electrons. The number of hydrogen-bond donors (Lipinski definition) is 1. The van der Waals surface area contributed by atoms with E-state index in [1.165, 1.54) is 0 Å². The van der Waals surface area contributed by atoms with Gasteiger partial charge in [-0.2, -0.15) is 0 Å². The fourth-order valence-electron chi connectivity index (χ4n) is 1.54. The summed E-state index contributed by atoms with van der Waals surface area (Å²) in [5, 5.41) is 3.63. The van der Waals surface area contributed by atoms with Crippen LogP contribution < -0.4 is 5.32 Å². The van der Waals surface area contributed by atoms with E-state index in [1.807, 2.05) is 18.7 Å². The molecule has 1 aromatic rings. The second kappa shape index (κ2) is 7.12. The lowest BCUT2D eigenvalue weighted by molar-refractivity contribution is -0.130. The quantitative estimate of drug-likeness (QED) is 0.849. The molecule has 1 rings (SSSR count). The molecular weight excluding hydrogens is 238 g/mol. The minimum Gasteiger partial charge on any atom is -0.368 e. The van der Waals surface area contributed by atoms with E-state index < -0.39 is 0 Å². The first-order chi connectivity index (χ1) is 8.19. The summed E-state index contributed by atoms with van der Waals surface area (Å²) in [5.74, 6) is 0.774. The van der Waals surface area contributed by atoms with Crippen molar-refractivity contribution in [2.75, 3.05) is 25.0 Å². The summed E-state index contributed by atoms with van der Waals surface area (Å²) in [6.07, 6.45) is 2.12. The Kier molecular flexibility index (Phi) is 5.77. The van der Waals surface area contributed by atoms with Crippen molar-refractivity contribution < 1.29 is 4.79 Å². The summed E-state index contributed by atoms with van der Waals surface area (Å²) in [4.78, 5) is 17.6. The van der Waals surface area contributed by atoms with Crippen LogP contribution in [0.4, 0.5) is 5.82 Å². The Morgan fingerprint density at radius 3 is 2.76 bits per heavy atom. The summed E-state index contributed by atoms with van der Waals surface area (Å²) in [6, 6.07) is 3.54. The summed E-state index contributed by atoms with van der Waals surface area (Å²) < 4.78 is 0. The predicted molar refractivity (Wildman–Crippen MR) is 70.3 cm³/mol. The van der Waals surface area contributed by atoms with Crippen LogP contribution in [0, 0.1) is 0 Å². The Labute approximate surface area is 107 Å². The third-order valence-corrected chi connectivity index (χ3v) is 2.81. The Hall–Kier alpha value is -1.29. The van der Waals surface area contributed by atoms with Gasteiger partial charge in [0.05, 0.1) is 5.02 Å². The minimum atomic E-state index is 0.148. The van der Waals surface area contributed by atoms with Gasteiger partial charge in [0.25, 0.3) is 0 Å². The highest BCUT2D eigenvalue weighted by Gasteiger charge is 2.09. The number of aromatic nitrogens is 1. The van der Waals surface area contributed by atoms with Crippen molar-refractivity contribution in [2.24, 2.45) is 0 Å². The highest BCUT2D eigenvalue weighted by Crippen LogP contribution is 2.16. The lowest BCUT2D eigenvalue weighted by Crippen LogP contribution is -2.31. The van der Waals surface area contributed by atoms with Crippen molar-refractivity contribution in [1.82, 2.24) is 9.88 Å². The number of pyridine rings is 1. The van der Waals surface area contributed by atoms with Crippen molar-refractivity contribution >= 4 is 23.3 Å². The van der Waals surface area contributed by atoms with Gasteiger partial charge in [0.1, 0.15) is 5.82 Å². The molecular formula is C12H18ClN3O.